The Labute approximate surface area is 156 Å². The molecule has 4 aromatic rings. The van der Waals surface area contributed by atoms with E-state index in [9.17, 15) is 4.79 Å². The van der Waals surface area contributed by atoms with Crippen molar-refractivity contribution >= 4 is 44.9 Å². The first-order valence-electron chi connectivity index (χ1n) is 7.49. The van der Waals surface area contributed by atoms with E-state index >= 15 is 0 Å². The number of aromatic nitrogens is 4. The lowest BCUT2D eigenvalue weighted by molar-refractivity contribution is 0.789. The van der Waals surface area contributed by atoms with Gasteiger partial charge in [-0.2, -0.15) is 0 Å². The molecule has 0 unspecified atom stereocenters. The second-order valence-corrected chi connectivity index (χ2v) is 7.64. The van der Waals surface area contributed by atoms with Crippen LogP contribution in [0.1, 0.15) is 5.82 Å². The lowest BCUT2D eigenvalue weighted by atomic mass is 10.1. The van der Waals surface area contributed by atoms with Gasteiger partial charge in [0.25, 0.3) is 5.56 Å². The molecule has 3 heterocycles. The summed E-state index contributed by atoms with van der Waals surface area (Å²) in [6, 6.07) is 7.51. The van der Waals surface area contributed by atoms with Crippen LogP contribution in [-0.4, -0.2) is 19.5 Å². The molecule has 0 atom stereocenters. The zero-order valence-corrected chi connectivity index (χ0v) is 15.6. The molecule has 0 aliphatic heterocycles. The standard InChI is InChI=1S/C17H13ClN4OS2/c1-22-7-6-19-17(22)25-9-13-20-15(23)14-11(8-24-16(14)21-13)10-4-2-3-5-12(10)18/h2-8H,9H2,1H3,(H,20,21,23). The van der Waals surface area contributed by atoms with E-state index < -0.39 is 0 Å². The van der Waals surface area contributed by atoms with E-state index in [-0.39, 0.29) is 5.56 Å². The Hall–Kier alpha value is -2.09. The second-order valence-electron chi connectivity index (χ2n) is 5.43. The number of thiophene rings is 1. The molecule has 0 radical (unpaired) electrons. The highest BCUT2D eigenvalue weighted by atomic mass is 35.5. The van der Waals surface area contributed by atoms with E-state index in [1.165, 1.54) is 23.1 Å². The van der Waals surface area contributed by atoms with Gasteiger partial charge in [-0.1, -0.05) is 41.6 Å². The number of hydrogen-bond acceptors (Lipinski definition) is 5. The molecule has 1 aromatic carbocycles. The third kappa shape index (κ3) is 3.10. The Morgan fingerprint density at radius 3 is 2.92 bits per heavy atom. The van der Waals surface area contributed by atoms with Crippen LogP contribution in [0.2, 0.25) is 5.02 Å². The molecule has 0 aliphatic carbocycles. The summed E-state index contributed by atoms with van der Waals surface area (Å²) in [7, 11) is 1.93. The summed E-state index contributed by atoms with van der Waals surface area (Å²) in [6.07, 6.45) is 3.63. The molecule has 0 saturated carbocycles. The zero-order valence-electron chi connectivity index (χ0n) is 13.2. The molecule has 3 aromatic heterocycles. The Balaban J connectivity index is 1.71. The van der Waals surface area contributed by atoms with Gasteiger partial charge in [-0.15, -0.1) is 11.3 Å². The van der Waals surface area contributed by atoms with Crippen molar-refractivity contribution in [1.82, 2.24) is 19.5 Å². The third-order valence-electron chi connectivity index (χ3n) is 3.77. The monoisotopic (exact) mass is 388 g/mol. The minimum absolute atomic E-state index is 0.142. The molecule has 0 fully saturated rings. The summed E-state index contributed by atoms with van der Waals surface area (Å²) in [5.74, 6) is 1.19. The topological polar surface area (TPSA) is 63.6 Å². The molecule has 0 saturated heterocycles. The van der Waals surface area contributed by atoms with Crippen LogP contribution in [0.15, 0.2) is 52.0 Å². The van der Waals surface area contributed by atoms with Gasteiger partial charge in [-0.3, -0.25) is 4.79 Å². The van der Waals surface area contributed by atoms with Crippen molar-refractivity contribution in [1.29, 1.82) is 0 Å². The normalized spacial score (nSPS) is 11.3. The molecule has 126 valence electrons. The molecule has 8 heteroatoms. The van der Waals surface area contributed by atoms with Gasteiger partial charge in [-0.05, 0) is 6.07 Å². The van der Waals surface area contributed by atoms with Gasteiger partial charge in [0.2, 0.25) is 0 Å². The number of imidazole rings is 1. The highest BCUT2D eigenvalue weighted by Crippen LogP contribution is 2.35. The Morgan fingerprint density at radius 1 is 1.32 bits per heavy atom. The van der Waals surface area contributed by atoms with Crippen molar-refractivity contribution in [2.24, 2.45) is 7.05 Å². The van der Waals surface area contributed by atoms with E-state index in [2.05, 4.69) is 15.0 Å². The molecule has 5 nitrogen and oxygen atoms in total. The van der Waals surface area contributed by atoms with Crippen molar-refractivity contribution in [3.05, 3.63) is 63.2 Å². The fourth-order valence-corrected chi connectivity index (χ4v) is 4.56. The summed E-state index contributed by atoms with van der Waals surface area (Å²) in [5.41, 5.74) is 1.53. The van der Waals surface area contributed by atoms with E-state index in [0.717, 1.165) is 16.3 Å². The van der Waals surface area contributed by atoms with Crippen molar-refractivity contribution in [3.63, 3.8) is 0 Å². The van der Waals surface area contributed by atoms with E-state index in [4.69, 9.17) is 11.6 Å². The average Bonchev–Trinajstić information content (AvgIpc) is 3.20. The second kappa shape index (κ2) is 6.67. The van der Waals surface area contributed by atoms with Gasteiger partial charge >= 0.3 is 0 Å². The van der Waals surface area contributed by atoms with Crippen molar-refractivity contribution in [3.8, 4) is 11.1 Å². The predicted octanol–water partition coefficient (Wildman–Crippen LogP) is 4.33. The number of aryl methyl sites for hydroxylation is 1. The maximum atomic E-state index is 12.6. The minimum atomic E-state index is -0.142. The number of thioether (sulfide) groups is 1. The highest BCUT2D eigenvalue weighted by Gasteiger charge is 2.15. The lowest BCUT2D eigenvalue weighted by Gasteiger charge is -2.04. The van der Waals surface area contributed by atoms with Crippen LogP contribution in [0.5, 0.6) is 0 Å². The van der Waals surface area contributed by atoms with Crippen molar-refractivity contribution in [2.45, 2.75) is 10.9 Å². The van der Waals surface area contributed by atoms with Crippen LogP contribution in [0, 0.1) is 0 Å². The molecular weight excluding hydrogens is 376 g/mol. The van der Waals surface area contributed by atoms with E-state index in [1.54, 1.807) is 6.20 Å². The van der Waals surface area contributed by atoms with Crippen LogP contribution in [0.25, 0.3) is 21.3 Å². The number of nitrogens with one attached hydrogen (secondary N) is 1. The molecule has 25 heavy (non-hydrogen) atoms. The Kier molecular flexibility index (Phi) is 4.37. The maximum absolute atomic E-state index is 12.6. The first-order chi connectivity index (χ1) is 12.1. The van der Waals surface area contributed by atoms with E-state index in [1.807, 2.05) is 47.5 Å². The van der Waals surface area contributed by atoms with Gasteiger partial charge in [-0.25, -0.2) is 9.97 Å². The number of nitrogens with zero attached hydrogens (tertiary/aromatic N) is 3. The molecule has 0 bridgehead atoms. The Bertz CT molecular complexity index is 1120. The fraction of sp³-hybridized carbons (Fsp3) is 0.118. The van der Waals surface area contributed by atoms with Crippen LogP contribution >= 0.6 is 34.7 Å². The number of rotatable bonds is 4. The molecule has 0 aliphatic rings. The van der Waals surface area contributed by atoms with Gasteiger partial charge < -0.3 is 9.55 Å². The van der Waals surface area contributed by atoms with Gasteiger partial charge in [0.15, 0.2) is 5.16 Å². The fourth-order valence-electron chi connectivity index (χ4n) is 2.56. The number of benzene rings is 1. The summed E-state index contributed by atoms with van der Waals surface area (Å²) in [5, 5.41) is 4.02. The first-order valence-corrected chi connectivity index (χ1v) is 9.73. The molecular formula is C17H13ClN4OS2. The molecule has 0 amide bonds. The maximum Gasteiger partial charge on any atom is 0.260 e. The first kappa shape index (κ1) is 16.4. The van der Waals surface area contributed by atoms with Gasteiger partial charge in [0.1, 0.15) is 10.7 Å². The summed E-state index contributed by atoms with van der Waals surface area (Å²) < 4.78 is 1.93. The summed E-state index contributed by atoms with van der Waals surface area (Å²) in [4.78, 5) is 25.1. The van der Waals surface area contributed by atoms with Gasteiger partial charge in [0.05, 0.1) is 11.1 Å². The number of halogens is 1. The van der Waals surface area contributed by atoms with Crippen LogP contribution in [-0.2, 0) is 12.8 Å². The van der Waals surface area contributed by atoms with E-state index in [0.29, 0.717) is 26.8 Å². The van der Waals surface area contributed by atoms with Crippen LogP contribution in [0.3, 0.4) is 0 Å². The summed E-state index contributed by atoms with van der Waals surface area (Å²) >= 11 is 9.27. The molecule has 1 N–H and O–H groups in total. The van der Waals surface area contributed by atoms with Gasteiger partial charge in [0, 0.05) is 41.0 Å². The average molecular weight is 389 g/mol. The largest absolute Gasteiger partial charge is 0.329 e. The Morgan fingerprint density at radius 2 is 2.16 bits per heavy atom. The molecule has 4 rings (SSSR count). The van der Waals surface area contributed by atoms with Crippen molar-refractivity contribution < 1.29 is 0 Å². The van der Waals surface area contributed by atoms with Crippen molar-refractivity contribution in [2.75, 3.05) is 0 Å². The van der Waals surface area contributed by atoms with Crippen LogP contribution in [0.4, 0.5) is 0 Å². The third-order valence-corrected chi connectivity index (χ3v) is 6.04. The van der Waals surface area contributed by atoms with Crippen LogP contribution < -0.4 is 5.56 Å². The molecule has 0 spiro atoms. The number of hydrogen-bond donors (Lipinski definition) is 1. The lowest BCUT2D eigenvalue weighted by Crippen LogP contribution is -2.11. The zero-order chi connectivity index (χ0) is 17.4. The highest BCUT2D eigenvalue weighted by molar-refractivity contribution is 7.98. The number of aromatic amines is 1. The summed E-state index contributed by atoms with van der Waals surface area (Å²) in [6.45, 7) is 0. The number of fused-ring (bicyclic) bond motifs is 1. The predicted molar refractivity (Wildman–Crippen MR) is 103 cm³/mol. The minimum Gasteiger partial charge on any atom is -0.329 e. The SMILES string of the molecule is Cn1ccnc1SCc1nc2scc(-c3ccccc3Cl)c2c(=O)[nH]1. The smallest absolute Gasteiger partial charge is 0.260 e. The number of H-pyrrole nitrogens is 1. The quantitative estimate of drug-likeness (QED) is 0.528.